The third-order valence-corrected chi connectivity index (χ3v) is 8.07. The standard InChI is InChI=1S/C30H36O19/c1-42-15-3-10(4-16(43-2)20(15)33)27-17(47-29-25(38)23(36)21(34)18(8-31)48-29)7-12-13(45-27)5-11(32)6-14(12)46-28-26(39)24(37)22(35)19(49-28)9-44-30(40)41/h3-7,18-19,21-29,31-39H,8-9H2,1-2H3,(H,40,41). The van der Waals surface area contributed by atoms with Crippen molar-refractivity contribution in [2.75, 3.05) is 27.4 Å². The number of aliphatic hydroxyl groups is 7. The molecule has 19 nitrogen and oxygen atoms in total. The maximum Gasteiger partial charge on any atom is 0.505 e. The average Bonchev–Trinajstić information content (AvgIpc) is 3.08. The van der Waals surface area contributed by atoms with Crippen LogP contribution in [0.25, 0.3) is 6.08 Å². The summed E-state index contributed by atoms with van der Waals surface area (Å²) in [5.74, 6) is -1.34. The zero-order valence-electron chi connectivity index (χ0n) is 25.8. The van der Waals surface area contributed by atoms with Gasteiger partial charge in [-0.25, -0.2) is 4.79 Å². The first-order valence-electron chi connectivity index (χ1n) is 14.7. The number of phenols is 2. The second-order valence-electron chi connectivity index (χ2n) is 11.2. The number of methoxy groups -OCH3 is 2. The van der Waals surface area contributed by atoms with Gasteiger partial charge in [-0.15, -0.1) is 0 Å². The molecule has 3 aliphatic heterocycles. The summed E-state index contributed by atoms with van der Waals surface area (Å²) in [5.41, 5.74) is 0.240. The molecule has 0 amide bonds. The maximum atomic E-state index is 10.9. The summed E-state index contributed by atoms with van der Waals surface area (Å²) >= 11 is 0. The third-order valence-electron chi connectivity index (χ3n) is 8.07. The molecule has 0 radical (unpaired) electrons. The van der Waals surface area contributed by atoms with Crippen LogP contribution in [0.15, 0.2) is 30.0 Å². The van der Waals surface area contributed by atoms with Gasteiger partial charge in [0, 0.05) is 17.7 Å². The van der Waals surface area contributed by atoms with Gasteiger partial charge >= 0.3 is 6.16 Å². The fourth-order valence-corrected chi connectivity index (χ4v) is 5.45. The summed E-state index contributed by atoms with van der Waals surface area (Å²) < 4.78 is 44.0. The minimum Gasteiger partial charge on any atom is -0.508 e. The molecule has 3 aliphatic rings. The molecule has 5 rings (SSSR count). The molecule has 10 N–H and O–H groups in total. The highest BCUT2D eigenvalue weighted by molar-refractivity contribution is 5.70. The van der Waals surface area contributed by atoms with Crippen molar-refractivity contribution in [3.63, 3.8) is 0 Å². The first-order valence-corrected chi connectivity index (χ1v) is 14.7. The van der Waals surface area contributed by atoms with Gasteiger partial charge in [-0.3, -0.25) is 0 Å². The molecule has 2 aromatic rings. The molecule has 0 bridgehead atoms. The molecule has 2 fully saturated rings. The number of aromatic hydroxyl groups is 2. The van der Waals surface area contributed by atoms with Gasteiger partial charge in [0.2, 0.25) is 18.3 Å². The second kappa shape index (κ2) is 14.7. The number of carbonyl (C=O) groups is 1. The summed E-state index contributed by atoms with van der Waals surface area (Å²) in [5, 5.41) is 102. The molecule has 11 unspecified atom stereocenters. The quantitative estimate of drug-likeness (QED) is 0.123. The van der Waals surface area contributed by atoms with E-state index >= 15 is 0 Å². The Bertz CT molecular complexity index is 1500. The van der Waals surface area contributed by atoms with Crippen LogP contribution in [-0.4, -0.2) is 146 Å². The smallest absolute Gasteiger partial charge is 0.505 e. The monoisotopic (exact) mass is 700 g/mol. The van der Waals surface area contributed by atoms with Crippen molar-refractivity contribution >= 4 is 12.2 Å². The molecule has 49 heavy (non-hydrogen) atoms. The first kappa shape index (κ1) is 36.0. The van der Waals surface area contributed by atoms with Crippen molar-refractivity contribution < 1.29 is 93.8 Å². The van der Waals surface area contributed by atoms with E-state index in [0.29, 0.717) is 0 Å². The predicted molar refractivity (Wildman–Crippen MR) is 157 cm³/mol. The molecule has 0 aromatic heterocycles. The van der Waals surface area contributed by atoms with Crippen molar-refractivity contribution in [2.45, 2.75) is 67.5 Å². The van der Waals surface area contributed by atoms with Crippen molar-refractivity contribution in [1.82, 2.24) is 0 Å². The fourth-order valence-electron chi connectivity index (χ4n) is 5.45. The van der Waals surface area contributed by atoms with E-state index in [9.17, 15) is 50.8 Å². The molecule has 2 aromatic carbocycles. The minimum atomic E-state index is -1.89. The lowest BCUT2D eigenvalue weighted by Gasteiger charge is -2.41. The molecule has 19 heteroatoms. The van der Waals surface area contributed by atoms with E-state index in [4.69, 9.17) is 38.3 Å². The van der Waals surface area contributed by atoms with Gasteiger partial charge in [0.15, 0.2) is 17.6 Å². The Morgan fingerprint density at radius 2 is 1.33 bits per heavy atom. The van der Waals surface area contributed by atoms with Crippen molar-refractivity contribution in [2.24, 2.45) is 0 Å². The van der Waals surface area contributed by atoms with Crippen LogP contribution < -0.4 is 18.9 Å². The SMILES string of the molecule is COc1cc(C2Oc3cc(O)cc(OC4OC(COC(=O)O)C(O)C(O)C4O)c3C=C2OC2OC(CO)C(O)C(O)C2O)cc(OC)c1O. The molecule has 0 saturated carbocycles. The van der Waals surface area contributed by atoms with Gasteiger partial charge < -0.3 is 89.0 Å². The molecule has 270 valence electrons. The van der Waals surface area contributed by atoms with Crippen molar-refractivity contribution in [1.29, 1.82) is 0 Å². The minimum absolute atomic E-state index is 0.0149. The summed E-state index contributed by atoms with van der Waals surface area (Å²) in [6, 6.07) is 5.01. The molecular formula is C30H36O19. The van der Waals surface area contributed by atoms with Gasteiger partial charge in [0.1, 0.15) is 78.4 Å². The van der Waals surface area contributed by atoms with E-state index in [0.717, 1.165) is 6.07 Å². The highest BCUT2D eigenvalue weighted by Gasteiger charge is 2.47. The summed E-state index contributed by atoms with van der Waals surface area (Å²) in [6.45, 7) is -1.49. The van der Waals surface area contributed by atoms with Crippen LogP contribution in [0.1, 0.15) is 17.2 Å². The lowest BCUT2D eigenvalue weighted by Crippen LogP contribution is -2.60. The Morgan fingerprint density at radius 1 is 0.755 bits per heavy atom. The zero-order valence-corrected chi connectivity index (χ0v) is 25.8. The van der Waals surface area contributed by atoms with Gasteiger partial charge in [-0.05, 0) is 18.2 Å². The van der Waals surface area contributed by atoms with Gasteiger partial charge in [-0.1, -0.05) is 0 Å². The van der Waals surface area contributed by atoms with E-state index in [1.54, 1.807) is 0 Å². The van der Waals surface area contributed by atoms with E-state index in [1.165, 1.54) is 38.5 Å². The lowest BCUT2D eigenvalue weighted by molar-refractivity contribution is -0.293. The molecule has 0 spiro atoms. The van der Waals surface area contributed by atoms with Gasteiger partial charge in [0.05, 0.1) is 26.4 Å². The molecule has 3 heterocycles. The average molecular weight is 701 g/mol. The van der Waals surface area contributed by atoms with Crippen LogP contribution in [0.2, 0.25) is 0 Å². The number of rotatable bonds is 10. The van der Waals surface area contributed by atoms with Crippen LogP contribution in [-0.2, 0) is 18.9 Å². The largest absolute Gasteiger partial charge is 0.508 e. The number of aliphatic hydroxyl groups excluding tert-OH is 7. The summed E-state index contributed by atoms with van der Waals surface area (Å²) in [4.78, 5) is 10.9. The van der Waals surface area contributed by atoms with Gasteiger partial charge in [-0.2, -0.15) is 0 Å². The summed E-state index contributed by atoms with van der Waals surface area (Å²) in [7, 11) is 2.57. The van der Waals surface area contributed by atoms with E-state index in [1.807, 2.05) is 0 Å². The number of carboxylic acid groups (broad SMARTS) is 1. The Kier molecular flexibility index (Phi) is 10.8. The van der Waals surface area contributed by atoms with Gasteiger partial charge in [0.25, 0.3) is 0 Å². The Hall–Kier alpha value is -4.31. The van der Waals surface area contributed by atoms with Crippen LogP contribution in [0, 0.1) is 0 Å². The van der Waals surface area contributed by atoms with Crippen LogP contribution in [0.4, 0.5) is 4.79 Å². The molecule has 0 aliphatic carbocycles. The number of hydrogen-bond donors (Lipinski definition) is 10. The first-order chi connectivity index (χ1) is 23.3. The topological polar surface area (TPSA) is 293 Å². The highest BCUT2D eigenvalue weighted by atomic mass is 16.7. The highest BCUT2D eigenvalue weighted by Crippen LogP contribution is 2.48. The number of ether oxygens (including phenoxy) is 8. The third kappa shape index (κ3) is 7.20. The Balaban J connectivity index is 1.56. The number of fused-ring (bicyclic) bond motifs is 1. The molecular weight excluding hydrogens is 664 g/mol. The van der Waals surface area contributed by atoms with E-state index < -0.39 is 92.6 Å². The summed E-state index contributed by atoms with van der Waals surface area (Å²) in [6.07, 6.45) is -18.8. The Morgan fingerprint density at radius 3 is 1.90 bits per heavy atom. The maximum absolute atomic E-state index is 10.9. The second-order valence-corrected chi connectivity index (χ2v) is 11.2. The molecule has 2 saturated heterocycles. The zero-order chi connectivity index (χ0) is 35.7. The number of hydrogen-bond acceptors (Lipinski definition) is 18. The van der Waals surface area contributed by atoms with Crippen molar-refractivity contribution in [3.8, 4) is 34.5 Å². The van der Waals surface area contributed by atoms with Crippen LogP contribution in [0.3, 0.4) is 0 Å². The van der Waals surface area contributed by atoms with E-state index in [-0.39, 0.29) is 45.6 Å². The van der Waals surface area contributed by atoms with Crippen LogP contribution >= 0.6 is 0 Å². The normalized spacial score (nSPS) is 32.6. The molecule has 11 atom stereocenters. The lowest BCUT2D eigenvalue weighted by atomic mass is 9.98. The fraction of sp³-hybridized carbons (Fsp3) is 0.500. The Labute approximate surface area is 276 Å². The number of benzene rings is 2. The van der Waals surface area contributed by atoms with Crippen molar-refractivity contribution in [3.05, 3.63) is 41.2 Å². The number of phenolic OH excluding ortho intramolecular Hbond substituents is 2. The van der Waals surface area contributed by atoms with Crippen LogP contribution in [0.5, 0.6) is 34.5 Å². The van der Waals surface area contributed by atoms with E-state index in [2.05, 4.69) is 4.74 Å². The predicted octanol–water partition coefficient (Wildman–Crippen LogP) is -1.71.